The molecule has 2 rings (SSSR count). The van der Waals surface area contributed by atoms with Crippen LogP contribution in [-0.4, -0.2) is 19.8 Å². The van der Waals surface area contributed by atoms with Gasteiger partial charge in [0, 0.05) is 6.54 Å². The zero-order valence-corrected chi connectivity index (χ0v) is 12.9. The summed E-state index contributed by atoms with van der Waals surface area (Å²) in [5.41, 5.74) is 1.25. The van der Waals surface area contributed by atoms with Gasteiger partial charge in [0.25, 0.3) is 0 Å². The van der Waals surface area contributed by atoms with Crippen LogP contribution in [0.4, 0.5) is 0 Å². The fourth-order valence-corrected chi connectivity index (χ4v) is 2.81. The Balaban J connectivity index is 1.87. The van der Waals surface area contributed by atoms with Gasteiger partial charge in [0.15, 0.2) is 11.5 Å². The van der Waals surface area contributed by atoms with Crippen molar-refractivity contribution in [2.24, 2.45) is 5.92 Å². The Labute approximate surface area is 122 Å². The highest BCUT2D eigenvalue weighted by Crippen LogP contribution is 2.29. The Kier molecular flexibility index (Phi) is 5.72. The van der Waals surface area contributed by atoms with Crippen LogP contribution in [0.15, 0.2) is 18.2 Å². The fraction of sp³-hybridized carbons (Fsp3) is 0.647. The molecule has 1 N–H and O–H groups in total. The Morgan fingerprint density at radius 2 is 1.95 bits per heavy atom. The highest BCUT2D eigenvalue weighted by molar-refractivity contribution is 5.43. The minimum atomic E-state index is 0.162. The van der Waals surface area contributed by atoms with Gasteiger partial charge >= 0.3 is 0 Å². The second kappa shape index (κ2) is 7.53. The van der Waals surface area contributed by atoms with Crippen LogP contribution < -0.4 is 14.8 Å². The second-order valence-corrected chi connectivity index (χ2v) is 5.93. The number of nitrogens with one attached hydrogen (secondary N) is 1. The maximum Gasteiger partial charge on any atom is 0.161 e. The molecular weight excluding hydrogens is 250 g/mol. The van der Waals surface area contributed by atoms with Crippen molar-refractivity contribution >= 4 is 0 Å². The molecule has 0 amide bonds. The second-order valence-electron chi connectivity index (χ2n) is 5.93. The topological polar surface area (TPSA) is 30.5 Å². The molecule has 0 atom stereocenters. The van der Waals surface area contributed by atoms with Crippen LogP contribution >= 0.6 is 0 Å². The minimum absolute atomic E-state index is 0.162. The lowest BCUT2D eigenvalue weighted by molar-refractivity contribution is 0.230. The van der Waals surface area contributed by atoms with E-state index in [1.165, 1.54) is 31.2 Å². The van der Waals surface area contributed by atoms with E-state index in [1.54, 1.807) is 7.11 Å². The summed E-state index contributed by atoms with van der Waals surface area (Å²) < 4.78 is 11.1. The fourth-order valence-electron chi connectivity index (χ4n) is 2.81. The van der Waals surface area contributed by atoms with Crippen LogP contribution in [0, 0.1) is 5.92 Å². The molecule has 1 fully saturated rings. The van der Waals surface area contributed by atoms with Crippen molar-refractivity contribution in [3.8, 4) is 11.5 Å². The normalized spacial score (nSPS) is 15.8. The lowest BCUT2D eigenvalue weighted by Gasteiger charge is -2.15. The van der Waals surface area contributed by atoms with Gasteiger partial charge in [0.05, 0.1) is 13.2 Å². The summed E-state index contributed by atoms with van der Waals surface area (Å²) in [6.45, 7) is 6.08. The molecule has 1 aliphatic carbocycles. The molecule has 0 unspecified atom stereocenters. The third-order valence-electron chi connectivity index (χ3n) is 3.83. The van der Waals surface area contributed by atoms with E-state index in [9.17, 15) is 0 Å². The molecule has 0 spiro atoms. The first kappa shape index (κ1) is 15.2. The monoisotopic (exact) mass is 277 g/mol. The van der Waals surface area contributed by atoms with Gasteiger partial charge in [-0.1, -0.05) is 18.9 Å². The quantitative estimate of drug-likeness (QED) is 0.823. The zero-order chi connectivity index (χ0) is 14.4. The Morgan fingerprint density at radius 1 is 1.20 bits per heavy atom. The van der Waals surface area contributed by atoms with Crippen LogP contribution in [0.25, 0.3) is 0 Å². The molecule has 0 aliphatic heterocycles. The van der Waals surface area contributed by atoms with Gasteiger partial charge in [-0.25, -0.2) is 0 Å². The van der Waals surface area contributed by atoms with E-state index in [0.717, 1.165) is 30.5 Å². The third-order valence-corrected chi connectivity index (χ3v) is 3.83. The highest BCUT2D eigenvalue weighted by Gasteiger charge is 2.14. The van der Waals surface area contributed by atoms with Crippen LogP contribution in [-0.2, 0) is 6.54 Å². The molecule has 1 aliphatic rings. The van der Waals surface area contributed by atoms with E-state index < -0.39 is 0 Å². The average Bonchev–Trinajstić information content (AvgIpc) is 2.93. The number of hydrogen-bond acceptors (Lipinski definition) is 3. The van der Waals surface area contributed by atoms with E-state index in [1.807, 2.05) is 19.9 Å². The van der Waals surface area contributed by atoms with Gasteiger partial charge in [-0.2, -0.15) is 0 Å². The summed E-state index contributed by atoms with van der Waals surface area (Å²) in [4.78, 5) is 0. The predicted octanol–water partition coefficient (Wildman–Crippen LogP) is 3.76. The maximum absolute atomic E-state index is 5.73. The number of methoxy groups -OCH3 is 1. The van der Waals surface area contributed by atoms with Gasteiger partial charge in [-0.3, -0.25) is 0 Å². The van der Waals surface area contributed by atoms with E-state index in [4.69, 9.17) is 9.47 Å². The van der Waals surface area contributed by atoms with Crippen LogP contribution in [0.5, 0.6) is 11.5 Å². The van der Waals surface area contributed by atoms with Crippen molar-refractivity contribution in [3.63, 3.8) is 0 Å². The van der Waals surface area contributed by atoms with Crippen LogP contribution in [0.1, 0.15) is 45.1 Å². The van der Waals surface area contributed by atoms with Gasteiger partial charge in [-0.05, 0) is 56.8 Å². The summed E-state index contributed by atoms with van der Waals surface area (Å²) >= 11 is 0. The minimum Gasteiger partial charge on any atom is -0.493 e. The molecule has 3 nitrogen and oxygen atoms in total. The standard InChI is InChI=1S/C17H27NO2/c1-13(2)20-16-9-8-15(10-17(16)19-3)12-18-11-14-6-4-5-7-14/h8-10,13-14,18H,4-7,11-12H2,1-3H3. The average molecular weight is 277 g/mol. The Bertz CT molecular complexity index is 411. The first-order valence-electron chi connectivity index (χ1n) is 7.73. The largest absolute Gasteiger partial charge is 0.493 e. The van der Waals surface area contributed by atoms with Crippen LogP contribution in [0.3, 0.4) is 0 Å². The Hall–Kier alpha value is -1.22. The number of hydrogen-bond donors (Lipinski definition) is 1. The SMILES string of the molecule is COc1cc(CNCC2CCCC2)ccc1OC(C)C. The molecule has 1 aromatic carbocycles. The first-order chi connectivity index (χ1) is 9.69. The van der Waals surface area contributed by atoms with Gasteiger partial charge in [0.2, 0.25) is 0 Å². The van der Waals surface area contributed by atoms with Gasteiger partial charge in [0.1, 0.15) is 0 Å². The van der Waals surface area contributed by atoms with Crippen molar-refractivity contribution in [2.75, 3.05) is 13.7 Å². The Morgan fingerprint density at radius 3 is 2.60 bits per heavy atom. The van der Waals surface area contributed by atoms with Crippen molar-refractivity contribution in [1.82, 2.24) is 5.32 Å². The van der Waals surface area contributed by atoms with Crippen molar-refractivity contribution in [3.05, 3.63) is 23.8 Å². The van der Waals surface area contributed by atoms with Crippen LogP contribution in [0.2, 0.25) is 0 Å². The van der Waals surface area contributed by atoms with E-state index in [0.29, 0.717) is 0 Å². The smallest absolute Gasteiger partial charge is 0.161 e. The molecule has 0 aromatic heterocycles. The van der Waals surface area contributed by atoms with Crippen molar-refractivity contribution < 1.29 is 9.47 Å². The van der Waals surface area contributed by atoms with E-state index in [2.05, 4.69) is 17.4 Å². The lowest BCUT2D eigenvalue weighted by atomic mass is 10.1. The molecule has 112 valence electrons. The highest BCUT2D eigenvalue weighted by atomic mass is 16.5. The molecule has 0 bridgehead atoms. The lowest BCUT2D eigenvalue weighted by Crippen LogP contribution is -2.20. The number of ether oxygens (including phenoxy) is 2. The van der Waals surface area contributed by atoms with Gasteiger partial charge in [-0.15, -0.1) is 0 Å². The molecule has 1 aromatic rings. The van der Waals surface area contributed by atoms with E-state index in [-0.39, 0.29) is 6.10 Å². The summed E-state index contributed by atoms with van der Waals surface area (Å²) in [6, 6.07) is 6.19. The first-order valence-corrected chi connectivity index (χ1v) is 7.73. The number of rotatable bonds is 7. The molecule has 1 saturated carbocycles. The molecule has 0 saturated heterocycles. The third kappa shape index (κ3) is 4.41. The van der Waals surface area contributed by atoms with Crippen molar-refractivity contribution in [2.45, 2.75) is 52.2 Å². The molecular formula is C17H27NO2. The molecule has 0 heterocycles. The summed E-state index contributed by atoms with van der Waals surface area (Å²) in [6.07, 6.45) is 5.74. The predicted molar refractivity (Wildman–Crippen MR) is 82.4 cm³/mol. The van der Waals surface area contributed by atoms with Gasteiger partial charge < -0.3 is 14.8 Å². The molecule has 3 heteroatoms. The maximum atomic E-state index is 5.73. The molecule has 0 radical (unpaired) electrons. The summed E-state index contributed by atoms with van der Waals surface area (Å²) in [7, 11) is 1.69. The summed E-state index contributed by atoms with van der Waals surface area (Å²) in [5, 5.41) is 3.56. The van der Waals surface area contributed by atoms with Crippen molar-refractivity contribution in [1.29, 1.82) is 0 Å². The number of benzene rings is 1. The van der Waals surface area contributed by atoms with E-state index >= 15 is 0 Å². The molecule has 20 heavy (non-hydrogen) atoms. The zero-order valence-electron chi connectivity index (χ0n) is 12.9. The summed E-state index contributed by atoms with van der Waals surface area (Å²) in [5.74, 6) is 2.52.